The van der Waals surface area contributed by atoms with E-state index in [9.17, 15) is 4.79 Å². The third kappa shape index (κ3) is 16.6. The van der Waals surface area contributed by atoms with Crippen LogP contribution in [0.25, 0.3) is 0 Å². The molecule has 2 heteroatoms. The van der Waals surface area contributed by atoms with Crippen LogP contribution in [0, 0.1) is 0 Å². The van der Waals surface area contributed by atoms with Gasteiger partial charge in [0.2, 0.25) is 0 Å². The Morgan fingerprint density at radius 1 is 0.810 bits per heavy atom. The number of methoxy groups -OCH3 is 1. The van der Waals surface area contributed by atoms with E-state index in [0.717, 1.165) is 32.1 Å². The molecule has 0 spiro atoms. The maximum absolute atomic E-state index is 10.9. The lowest BCUT2D eigenvalue weighted by atomic mass is 10.1. The molecule has 120 valence electrons. The number of hydrogen-bond donors (Lipinski definition) is 0. The van der Waals surface area contributed by atoms with Gasteiger partial charge in [-0.05, 0) is 38.5 Å². The molecule has 0 unspecified atom stereocenters. The van der Waals surface area contributed by atoms with Crippen LogP contribution in [0.15, 0.2) is 36.5 Å². The van der Waals surface area contributed by atoms with E-state index in [2.05, 4.69) is 48.1 Å². The Kier molecular flexibility index (Phi) is 15.7. The molecule has 0 aliphatic heterocycles. The van der Waals surface area contributed by atoms with E-state index in [1.165, 1.54) is 32.8 Å². The number of ether oxygens (including phenoxy) is 1. The lowest BCUT2D eigenvalue weighted by Crippen LogP contribution is -1.98. The van der Waals surface area contributed by atoms with Gasteiger partial charge in [0.1, 0.15) is 0 Å². The summed E-state index contributed by atoms with van der Waals surface area (Å²) in [4.78, 5) is 10.9. The Morgan fingerprint density at radius 2 is 1.38 bits per heavy atom. The van der Waals surface area contributed by atoms with Crippen molar-refractivity contribution in [1.29, 1.82) is 0 Å². The van der Waals surface area contributed by atoms with Crippen molar-refractivity contribution in [3.63, 3.8) is 0 Å². The van der Waals surface area contributed by atoms with Crippen LogP contribution in [0.5, 0.6) is 0 Å². The van der Waals surface area contributed by atoms with Crippen molar-refractivity contribution in [3.05, 3.63) is 36.5 Å². The largest absolute Gasteiger partial charge is 0.469 e. The molecule has 21 heavy (non-hydrogen) atoms. The number of hydrogen-bond acceptors (Lipinski definition) is 2. The number of carbonyl (C=O) groups is 1. The summed E-state index contributed by atoms with van der Waals surface area (Å²) in [5, 5.41) is 0. The van der Waals surface area contributed by atoms with Gasteiger partial charge in [0, 0.05) is 6.42 Å². The molecule has 0 aromatic carbocycles. The SMILES string of the molecule is CC/C=C\C/C=C/C/C=C/CCCCCCCC(=O)OC. The highest BCUT2D eigenvalue weighted by atomic mass is 16.5. The standard InChI is InChI=1S/C19H32O2/c1-3-4-5-6-7-8-9-10-11-12-13-14-15-16-17-18-19(20)21-2/h4-5,7-8,10-11H,3,6,9,12-18H2,1-2H3/b5-4-,8-7+,11-10+. The molecule has 0 saturated carbocycles. The number of rotatable bonds is 13. The highest BCUT2D eigenvalue weighted by molar-refractivity contribution is 5.68. The minimum Gasteiger partial charge on any atom is -0.469 e. The zero-order chi connectivity index (χ0) is 15.6. The minimum absolute atomic E-state index is 0.0869. The topological polar surface area (TPSA) is 26.3 Å². The first-order chi connectivity index (χ1) is 10.3. The molecule has 0 saturated heterocycles. The zero-order valence-electron chi connectivity index (χ0n) is 13.9. The predicted octanol–water partition coefficient (Wildman–Crippen LogP) is 5.75. The van der Waals surface area contributed by atoms with Crippen molar-refractivity contribution in [1.82, 2.24) is 0 Å². The Labute approximate surface area is 131 Å². The van der Waals surface area contributed by atoms with E-state index >= 15 is 0 Å². The van der Waals surface area contributed by atoms with Crippen LogP contribution in [0.4, 0.5) is 0 Å². The fourth-order valence-electron chi connectivity index (χ4n) is 1.99. The van der Waals surface area contributed by atoms with E-state index in [1.54, 1.807) is 0 Å². The van der Waals surface area contributed by atoms with Gasteiger partial charge in [0.05, 0.1) is 7.11 Å². The molecule has 0 rings (SSSR count). The van der Waals surface area contributed by atoms with Crippen molar-refractivity contribution in [2.45, 2.75) is 71.1 Å². The van der Waals surface area contributed by atoms with Crippen LogP contribution in [0.1, 0.15) is 71.1 Å². The Bertz CT molecular complexity index is 314. The van der Waals surface area contributed by atoms with Crippen molar-refractivity contribution in [3.8, 4) is 0 Å². The van der Waals surface area contributed by atoms with E-state index in [-0.39, 0.29) is 5.97 Å². The molecule has 0 amide bonds. The van der Waals surface area contributed by atoms with Crippen LogP contribution in [-0.2, 0) is 9.53 Å². The molecule has 0 aromatic heterocycles. The van der Waals surface area contributed by atoms with Gasteiger partial charge in [0.15, 0.2) is 0 Å². The second-order valence-electron chi connectivity index (χ2n) is 5.18. The predicted molar refractivity (Wildman–Crippen MR) is 91.3 cm³/mol. The summed E-state index contributed by atoms with van der Waals surface area (Å²) in [5.74, 6) is -0.0869. The highest BCUT2D eigenvalue weighted by Gasteiger charge is 1.98. The minimum atomic E-state index is -0.0869. The van der Waals surface area contributed by atoms with Crippen molar-refractivity contribution < 1.29 is 9.53 Å². The molecule has 0 fully saturated rings. The molecular weight excluding hydrogens is 260 g/mol. The molecule has 0 radical (unpaired) electrons. The summed E-state index contributed by atoms with van der Waals surface area (Å²) in [5.41, 5.74) is 0. The third-order valence-electron chi connectivity index (χ3n) is 3.26. The summed E-state index contributed by atoms with van der Waals surface area (Å²) < 4.78 is 4.61. The Hall–Kier alpha value is -1.31. The number of allylic oxidation sites excluding steroid dienone is 6. The van der Waals surface area contributed by atoms with Gasteiger partial charge >= 0.3 is 5.97 Å². The average Bonchev–Trinajstić information content (AvgIpc) is 2.50. The monoisotopic (exact) mass is 292 g/mol. The van der Waals surface area contributed by atoms with Gasteiger partial charge < -0.3 is 4.74 Å². The van der Waals surface area contributed by atoms with Crippen LogP contribution in [0.3, 0.4) is 0 Å². The van der Waals surface area contributed by atoms with Gasteiger partial charge in [-0.25, -0.2) is 0 Å². The Morgan fingerprint density at radius 3 is 2.05 bits per heavy atom. The maximum atomic E-state index is 10.9. The van der Waals surface area contributed by atoms with Gasteiger partial charge in [-0.15, -0.1) is 0 Å². The second-order valence-corrected chi connectivity index (χ2v) is 5.18. The maximum Gasteiger partial charge on any atom is 0.305 e. The van der Waals surface area contributed by atoms with Crippen LogP contribution >= 0.6 is 0 Å². The first kappa shape index (κ1) is 19.7. The van der Waals surface area contributed by atoms with E-state index in [0.29, 0.717) is 6.42 Å². The van der Waals surface area contributed by atoms with E-state index in [1.807, 2.05) is 0 Å². The highest BCUT2D eigenvalue weighted by Crippen LogP contribution is 2.08. The molecule has 0 heterocycles. The third-order valence-corrected chi connectivity index (χ3v) is 3.26. The molecule has 0 aliphatic rings. The fourth-order valence-corrected chi connectivity index (χ4v) is 1.99. The fraction of sp³-hybridized carbons (Fsp3) is 0.632. The van der Waals surface area contributed by atoms with Gasteiger partial charge in [-0.3, -0.25) is 4.79 Å². The summed E-state index contributed by atoms with van der Waals surface area (Å²) >= 11 is 0. The lowest BCUT2D eigenvalue weighted by Gasteiger charge is -1.99. The van der Waals surface area contributed by atoms with Gasteiger partial charge in [-0.1, -0.05) is 62.6 Å². The summed E-state index contributed by atoms with van der Waals surface area (Å²) in [6, 6.07) is 0. The van der Waals surface area contributed by atoms with Crippen molar-refractivity contribution in [2.75, 3.05) is 7.11 Å². The number of unbranched alkanes of at least 4 members (excludes halogenated alkanes) is 5. The second kappa shape index (κ2) is 16.7. The van der Waals surface area contributed by atoms with Gasteiger partial charge in [-0.2, -0.15) is 0 Å². The van der Waals surface area contributed by atoms with Crippen LogP contribution < -0.4 is 0 Å². The first-order valence-corrected chi connectivity index (χ1v) is 8.33. The normalized spacial score (nSPS) is 11.9. The van der Waals surface area contributed by atoms with Crippen molar-refractivity contribution >= 4 is 5.97 Å². The molecule has 2 nitrogen and oxygen atoms in total. The first-order valence-electron chi connectivity index (χ1n) is 8.33. The van der Waals surface area contributed by atoms with E-state index < -0.39 is 0 Å². The number of carbonyl (C=O) groups excluding carboxylic acids is 1. The molecule has 0 aliphatic carbocycles. The van der Waals surface area contributed by atoms with Crippen molar-refractivity contribution in [2.24, 2.45) is 0 Å². The van der Waals surface area contributed by atoms with Crippen LogP contribution in [-0.4, -0.2) is 13.1 Å². The average molecular weight is 292 g/mol. The smallest absolute Gasteiger partial charge is 0.305 e. The molecular formula is C19H32O2. The summed E-state index contributed by atoms with van der Waals surface area (Å²) in [7, 11) is 1.45. The molecule has 0 N–H and O–H groups in total. The quantitative estimate of drug-likeness (QED) is 0.245. The van der Waals surface area contributed by atoms with Gasteiger partial charge in [0.25, 0.3) is 0 Å². The zero-order valence-corrected chi connectivity index (χ0v) is 13.9. The summed E-state index contributed by atoms with van der Waals surface area (Å²) in [6.07, 6.45) is 24.1. The van der Waals surface area contributed by atoms with Crippen LogP contribution in [0.2, 0.25) is 0 Å². The summed E-state index contributed by atoms with van der Waals surface area (Å²) in [6.45, 7) is 2.15. The lowest BCUT2D eigenvalue weighted by molar-refractivity contribution is -0.140. The number of esters is 1. The molecule has 0 atom stereocenters. The molecule has 0 aromatic rings. The molecule has 0 bridgehead atoms. The van der Waals surface area contributed by atoms with E-state index in [4.69, 9.17) is 0 Å². The Balaban J connectivity index is 3.25.